The molecule has 10 heteroatoms. The molecule has 0 aliphatic carbocycles. The zero-order valence-corrected chi connectivity index (χ0v) is 12.6. The molecule has 1 aromatic heterocycles. The number of rotatable bonds is 7. The molecule has 0 saturated heterocycles. The van der Waals surface area contributed by atoms with Crippen LogP contribution in [0.2, 0.25) is 0 Å². The van der Waals surface area contributed by atoms with Crippen LogP contribution < -0.4 is 10.6 Å². The Morgan fingerprint density at radius 2 is 2.04 bits per heavy atom. The highest BCUT2D eigenvalue weighted by Crippen LogP contribution is 2.24. The molecule has 1 unspecified atom stereocenters. The number of nitro groups is 1. The lowest BCUT2D eigenvalue weighted by Gasteiger charge is -2.12. The lowest BCUT2D eigenvalue weighted by Crippen LogP contribution is -2.21. The number of nitrogens with one attached hydrogen (secondary N) is 2. The topological polar surface area (TPSA) is 151 Å². The van der Waals surface area contributed by atoms with Crippen molar-refractivity contribution in [3.05, 3.63) is 46.1 Å². The fourth-order valence-electron chi connectivity index (χ4n) is 1.78. The molecule has 2 aromatic rings. The summed E-state index contributed by atoms with van der Waals surface area (Å²) < 4.78 is 0. The minimum atomic E-state index is -1.04. The van der Waals surface area contributed by atoms with E-state index in [0.29, 0.717) is 5.69 Å². The number of hydrogen-bond acceptors (Lipinski definition) is 8. The summed E-state index contributed by atoms with van der Waals surface area (Å²) in [5.41, 5.74) is 0.335. The number of aromatic nitrogens is 2. The van der Waals surface area contributed by atoms with Crippen molar-refractivity contribution in [2.45, 2.75) is 13.0 Å². The molecule has 2 rings (SSSR count). The number of aromatic carboxylic acids is 1. The molecule has 0 bridgehead atoms. The average molecular weight is 333 g/mol. The van der Waals surface area contributed by atoms with Crippen molar-refractivity contribution in [1.82, 2.24) is 9.97 Å². The first-order valence-electron chi connectivity index (χ1n) is 6.90. The molecule has 0 saturated carbocycles. The zero-order chi connectivity index (χ0) is 17.7. The van der Waals surface area contributed by atoms with Crippen LogP contribution in [0.25, 0.3) is 0 Å². The monoisotopic (exact) mass is 333 g/mol. The van der Waals surface area contributed by atoms with Crippen molar-refractivity contribution < 1.29 is 19.9 Å². The Hall–Kier alpha value is -3.27. The molecular formula is C14H15N5O5. The molecule has 24 heavy (non-hydrogen) atoms. The SMILES string of the molecule is CC(CO)Nc1nc(Nc2ccc(C(=O)O)cc2)ncc1[N+](=O)[O-]. The van der Waals surface area contributed by atoms with Crippen LogP contribution in [0.15, 0.2) is 30.5 Å². The highest BCUT2D eigenvalue weighted by molar-refractivity contribution is 5.88. The van der Waals surface area contributed by atoms with E-state index in [9.17, 15) is 14.9 Å². The molecule has 0 spiro atoms. The summed E-state index contributed by atoms with van der Waals surface area (Å²) >= 11 is 0. The molecule has 1 heterocycles. The number of anilines is 3. The van der Waals surface area contributed by atoms with Crippen LogP contribution in [0.5, 0.6) is 0 Å². The fourth-order valence-corrected chi connectivity index (χ4v) is 1.78. The van der Waals surface area contributed by atoms with Crippen molar-refractivity contribution >= 4 is 29.1 Å². The van der Waals surface area contributed by atoms with Gasteiger partial charge in [0.05, 0.1) is 17.1 Å². The van der Waals surface area contributed by atoms with E-state index in [-0.39, 0.29) is 29.6 Å². The van der Waals surface area contributed by atoms with Crippen molar-refractivity contribution in [2.75, 3.05) is 17.2 Å². The van der Waals surface area contributed by atoms with Gasteiger partial charge >= 0.3 is 11.7 Å². The second-order valence-electron chi connectivity index (χ2n) is 4.92. The Morgan fingerprint density at radius 1 is 1.38 bits per heavy atom. The first-order valence-corrected chi connectivity index (χ1v) is 6.90. The number of hydrogen-bond donors (Lipinski definition) is 4. The van der Waals surface area contributed by atoms with Crippen LogP contribution in [0.3, 0.4) is 0 Å². The van der Waals surface area contributed by atoms with Gasteiger partial charge in [0.15, 0.2) is 0 Å². The molecule has 0 aliphatic heterocycles. The van der Waals surface area contributed by atoms with E-state index >= 15 is 0 Å². The highest BCUT2D eigenvalue weighted by atomic mass is 16.6. The van der Waals surface area contributed by atoms with E-state index in [1.807, 2.05) is 0 Å². The lowest BCUT2D eigenvalue weighted by molar-refractivity contribution is -0.384. The predicted molar refractivity (Wildman–Crippen MR) is 85.5 cm³/mol. The summed E-state index contributed by atoms with van der Waals surface area (Å²) in [7, 11) is 0. The number of carbonyl (C=O) groups is 1. The van der Waals surface area contributed by atoms with Gasteiger partial charge in [0.2, 0.25) is 11.8 Å². The summed E-state index contributed by atoms with van der Waals surface area (Å²) in [4.78, 5) is 29.1. The third-order valence-electron chi connectivity index (χ3n) is 3.01. The van der Waals surface area contributed by atoms with Crippen molar-refractivity contribution in [3.63, 3.8) is 0 Å². The molecule has 0 aliphatic rings. The van der Waals surface area contributed by atoms with Gasteiger partial charge < -0.3 is 20.8 Å². The van der Waals surface area contributed by atoms with E-state index in [4.69, 9.17) is 10.2 Å². The maximum atomic E-state index is 11.0. The standard InChI is InChI=1S/C14H15N5O5/c1-8(7-20)16-12-11(19(23)24)6-15-14(18-12)17-10-4-2-9(3-5-10)13(21)22/h2-6,8,20H,7H2,1H3,(H,21,22)(H2,15,16,17,18). The maximum Gasteiger partial charge on any atom is 0.335 e. The minimum absolute atomic E-state index is 0.0267. The number of benzene rings is 1. The molecule has 0 amide bonds. The first kappa shape index (κ1) is 17.1. The summed E-state index contributed by atoms with van der Waals surface area (Å²) in [6, 6.07) is 5.43. The van der Waals surface area contributed by atoms with Gasteiger partial charge in [-0.3, -0.25) is 10.1 Å². The Kier molecular flexibility index (Phi) is 5.22. The van der Waals surface area contributed by atoms with Gasteiger partial charge in [0.1, 0.15) is 6.20 Å². The van der Waals surface area contributed by atoms with Gasteiger partial charge in [0, 0.05) is 11.7 Å². The van der Waals surface area contributed by atoms with Crippen LogP contribution in [0, 0.1) is 10.1 Å². The van der Waals surface area contributed by atoms with Crippen molar-refractivity contribution in [3.8, 4) is 0 Å². The Bertz CT molecular complexity index is 750. The van der Waals surface area contributed by atoms with Gasteiger partial charge in [-0.2, -0.15) is 4.98 Å². The van der Waals surface area contributed by atoms with Crippen LogP contribution >= 0.6 is 0 Å². The Labute approximate surface area is 136 Å². The molecule has 1 atom stereocenters. The van der Waals surface area contributed by atoms with Gasteiger partial charge in [-0.25, -0.2) is 9.78 Å². The summed E-state index contributed by atoms with van der Waals surface area (Å²) in [5.74, 6) is -0.977. The fraction of sp³-hybridized carbons (Fsp3) is 0.214. The zero-order valence-electron chi connectivity index (χ0n) is 12.6. The Balaban J connectivity index is 2.25. The smallest absolute Gasteiger partial charge is 0.335 e. The predicted octanol–water partition coefficient (Wildman–Crippen LogP) is 1.62. The second-order valence-corrected chi connectivity index (χ2v) is 4.92. The summed E-state index contributed by atoms with van der Waals surface area (Å²) in [5, 5.41) is 34.5. The molecule has 0 radical (unpaired) electrons. The van der Waals surface area contributed by atoms with Crippen molar-refractivity contribution in [2.24, 2.45) is 0 Å². The van der Waals surface area contributed by atoms with Gasteiger partial charge in [-0.05, 0) is 31.2 Å². The number of nitrogens with zero attached hydrogens (tertiary/aromatic N) is 3. The van der Waals surface area contributed by atoms with Crippen LogP contribution in [-0.2, 0) is 0 Å². The number of carboxylic acids is 1. The summed E-state index contributed by atoms with van der Waals surface area (Å²) in [6.45, 7) is 1.42. The molecule has 0 fully saturated rings. The average Bonchev–Trinajstić information content (AvgIpc) is 2.55. The third-order valence-corrected chi connectivity index (χ3v) is 3.01. The van der Waals surface area contributed by atoms with E-state index in [2.05, 4.69) is 20.6 Å². The quantitative estimate of drug-likeness (QED) is 0.437. The molecule has 4 N–H and O–H groups in total. The van der Waals surface area contributed by atoms with E-state index in [1.54, 1.807) is 6.92 Å². The second kappa shape index (κ2) is 7.33. The largest absolute Gasteiger partial charge is 0.478 e. The van der Waals surface area contributed by atoms with Gasteiger partial charge in [0.25, 0.3) is 0 Å². The van der Waals surface area contributed by atoms with E-state index < -0.39 is 16.9 Å². The van der Waals surface area contributed by atoms with Crippen molar-refractivity contribution in [1.29, 1.82) is 0 Å². The molecule has 126 valence electrons. The Morgan fingerprint density at radius 3 is 2.58 bits per heavy atom. The van der Waals surface area contributed by atoms with E-state index in [1.165, 1.54) is 24.3 Å². The van der Waals surface area contributed by atoms with E-state index in [0.717, 1.165) is 6.20 Å². The number of aliphatic hydroxyl groups excluding tert-OH is 1. The summed E-state index contributed by atoms with van der Waals surface area (Å²) in [6.07, 6.45) is 1.05. The lowest BCUT2D eigenvalue weighted by atomic mass is 10.2. The van der Waals surface area contributed by atoms with Gasteiger partial charge in [-0.15, -0.1) is 0 Å². The number of carboxylic acid groups (broad SMARTS) is 1. The molecular weight excluding hydrogens is 318 g/mol. The normalized spacial score (nSPS) is 11.6. The highest BCUT2D eigenvalue weighted by Gasteiger charge is 2.19. The molecule has 10 nitrogen and oxygen atoms in total. The minimum Gasteiger partial charge on any atom is -0.478 e. The van der Waals surface area contributed by atoms with Crippen LogP contribution in [-0.4, -0.2) is 43.7 Å². The maximum absolute atomic E-state index is 11.0. The van der Waals surface area contributed by atoms with Crippen LogP contribution in [0.4, 0.5) is 23.1 Å². The van der Waals surface area contributed by atoms with Crippen LogP contribution in [0.1, 0.15) is 17.3 Å². The molecule has 1 aromatic carbocycles. The first-order chi connectivity index (χ1) is 11.4. The number of aliphatic hydroxyl groups is 1. The van der Waals surface area contributed by atoms with Gasteiger partial charge in [-0.1, -0.05) is 0 Å². The third kappa shape index (κ3) is 4.14.